The van der Waals surface area contributed by atoms with Crippen LogP contribution in [0.25, 0.3) is 0 Å². The molecule has 1 aromatic rings. The number of rotatable bonds is 7. The summed E-state index contributed by atoms with van der Waals surface area (Å²) in [6, 6.07) is 8.10. The van der Waals surface area contributed by atoms with Crippen molar-refractivity contribution in [1.82, 2.24) is 10.2 Å². The number of ether oxygens (including phenoxy) is 1. The van der Waals surface area contributed by atoms with Crippen molar-refractivity contribution < 1.29 is 9.53 Å². The summed E-state index contributed by atoms with van der Waals surface area (Å²) >= 11 is 0. The van der Waals surface area contributed by atoms with E-state index in [4.69, 9.17) is 15.5 Å². The fourth-order valence-corrected chi connectivity index (χ4v) is 3.22. The summed E-state index contributed by atoms with van der Waals surface area (Å²) in [7, 11) is 1.67. The van der Waals surface area contributed by atoms with Crippen LogP contribution in [0.1, 0.15) is 31.7 Å². The number of carbonyl (C=O) groups excluding carboxylic acids is 1. The number of nitrogens with two attached hydrogens (primary N) is 1. The third-order valence-corrected chi connectivity index (χ3v) is 4.46. The van der Waals surface area contributed by atoms with Gasteiger partial charge in [-0.3, -0.25) is 9.79 Å². The number of nitrogens with one attached hydrogen (secondary N) is 1. The Kier molecular flexibility index (Phi) is 7.57. The van der Waals surface area contributed by atoms with Crippen molar-refractivity contribution in [3.8, 4) is 5.75 Å². The maximum Gasteiger partial charge on any atom is 0.217 e. The van der Waals surface area contributed by atoms with Gasteiger partial charge in [-0.25, -0.2) is 0 Å². The lowest BCUT2D eigenvalue weighted by Gasteiger charge is -2.34. The zero-order valence-corrected chi connectivity index (χ0v) is 15.3. The van der Waals surface area contributed by atoms with Crippen molar-refractivity contribution in [3.63, 3.8) is 0 Å². The molecule has 2 rings (SSSR count). The minimum atomic E-state index is -0.215. The standard InChI is InChI=1S/C19H30N4O2/c1-3-21-19(23-12-4-5-16(14-23)13-18(20)24)22-11-10-15-6-8-17(25-2)9-7-15/h6-9,16H,3-5,10-14H2,1-2H3,(H2,20,24)(H,21,22). The second-order valence-corrected chi connectivity index (χ2v) is 6.46. The first-order chi connectivity index (χ1) is 12.1. The van der Waals surface area contributed by atoms with Crippen LogP contribution in [0.15, 0.2) is 29.3 Å². The van der Waals surface area contributed by atoms with Crippen molar-refractivity contribution in [2.45, 2.75) is 32.6 Å². The Hall–Kier alpha value is -2.24. The Morgan fingerprint density at radius 1 is 1.40 bits per heavy atom. The molecule has 1 aliphatic rings. The van der Waals surface area contributed by atoms with Gasteiger partial charge in [0.1, 0.15) is 5.75 Å². The van der Waals surface area contributed by atoms with Crippen LogP contribution in [0.2, 0.25) is 0 Å². The summed E-state index contributed by atoms with van der Waals surface area (Å²) in [5, 5.41) is 3.37. The van der Waals surface area contributed by atoms with Gasteiger partial charge in [0.05, 0.1) is 7.11 Å². The van der Waals surface area contributed by atoms with Crippen LogP contribution in [0, 0.1) is 5.92 Å². The van der Waals surface area contributed by atoms with Crippen LogP contribution in [-0.4, -0.2) is 50.1 Å². The first-order valence-electron chi connectivity index (χ1n) is 9.06. The van der Waals surface area contributed by atoms with Gasteiger partial charge in [0.2, 0.25) is 5.91 Å². The van der Waals surface area contributed by atoms with Crippen LogP contribution in [-0.2, 0) is 11.2 Å². The highest BCUT2D eigenvalue weighted by atomic mass is 16.5. The minimum Gasteiger partial charge on any atom is -0.497 e. The molecule has 1 saturated heterocycles. The van der Waals surface area contributed by atoms with Crippen molar-refractivity contribution >= 4 is 11.9 Å². The van der Waals surface area contributed by atoms with Crippen molar-refractivity contribution in [3.05, 3.63) is 29.8 Å². The third kappa shape index (κ3) is 6.29. The Labute approximate surface area is 150 Å². The number of methoxy groups -OCH3 is 1. The van der Waals surface area contributed by atoms with Gasteiger partial charge in [-0.15, -0.1) is 0 Å². The topological polar surface area (TPSA) is 80.0 Å². The molecule has 0 saturated carbocycles. The average Bonchev–Trinajstić information content (AvgIpc) is 2.61. The summed E-state index contributed by atoms with van der Waals surface area (Å²) in [5.74, 6) is 1.92. The molecule has 1 atom stereocenters. The maximum absolute atomic E-state index is 11.2. The zero-order valence-electron chi connectivity index (χ0n) is 15.3. The van der Waals surface area contributed by atoms with Crippen molar-refractivity contribution in [1.29, 1.82) is 0 Å². The number of carbonyl (C=O) groups is 1. The van der Waals surface area contributed by atoms with Gasteiger partial charge in [0.25, 0.3) is 0 Å². The predicted octanol–water partition coefficient (Wildman–Crippen LogP) is 1.79. The maximum atomic E-state index is 11.2. The van der Waals surface area contributed by atoms with Gasteiger partial charge in [-0.2, -0.15) is 0 Å². The molecule has 0 aliphatic carbocycles. The number of hydrogen-bond donors (Lipinski definition) is 2. The molecule has 1 aromatic carbocycles. The summed E-state index contributed by atoms with van der Waals surface area (Å²) in [5.41, 5.74) is 6.60. The van der Waals surface area contributed by atoms with Crippen molar-refractivity contribution in [2.24, 2.45) is 16.6 Å². The molecule has 1 unspecified atom stereocenters. The molecular weight excluding hydrogens is 316 g/mol. The molecule has 6 heteroatoms. The van der Waals surface area contributed by atoms with E-state index in [1.54, 1.807) is 7.11 Å². The molecule has 138 valence electrons. The Morgan fingerprint density at radius 2 is 2.16 bits per heavy atom. The van der Waals surface area contributed by atoms with Gasteiger partial charge in [0, 0.05) is 32.6 Å². The Balaban J connectivity index is 1.93. The molecular formula is C19H30N4O2. The fraction of sp³-hybridized carbons (Fsp3) is 0.579. The van der Waals surface area contributed by atoms with E-state index in [9.17, 15) is 4.79 Å². The number of benzene rings is 1. The van der Waals surface area contributed by atoms with E-state index in [0.29, 0.717) is 12.3 Å². The number of nitrogens with zero attached hydrogens (tertiary/aromatic N) is 2. The fourth-order valence-electron chi connectivity index (χ4n) is 3.22. The van der Waals surface area contributed by atoms with E-state index < -0.39 is 0 Å². The van der Waals surface area contributed by atoms with E-state index in [2.05, 4.69) is 29.3 Å². The van der Waals surface area contributed by atoms with Gasteiger partial charge in [-0.1, -0.05) is 12.1 Å². The van der Waals surface area contributed by atoms with E-state index in [1.807, 2.05) is 12.1 Å². The lowest BCUT2D eigenvalue weighted by molar-refractivity contribution is -0.119. The lowest BCUT2D eigenvalue weighted by atomic mass is 9.95. The lowest BCUT2D eigenvalue weighted by Crippen LogP contribution is -2.47. The van der Waals surface area contributed by atoms with Crippen molar-refractivity contribution in [2.75, 3.05) is 33.3 Å². The molecule has 1 heterocycles. The molecule has 0 radical (unpaired) electrons. The van der Waals surface area contributed by atoms with Crippen LogP contribution in [0.4, 0.5) is 0 Å². The largest absolute Gasteiger partial charge is 0.497 e. The smallest absolute Gasteiger partial charge is 0.217 e. The van der Waals surface area contributed by atoms with Gasteiger partial charge in [0.15, 0.2) is 5.96 Å². The molecule has 25 heavy (non-hydrogen) atoms. The summed E-state index contributed by atoms with van der Waals surface area (Å²) in [4.78, 5) is 18.2. The molecule has 3 N–H and O–H groups in total. The van der Waals surface area contributed by atoms with Gasteiger partial charge >= 0.3 is 0 Å². The number of aliphatic imine (C=N–C) groups is 1. The van der Waals surface area contributed by atoms with Crippen LogP contribution < -0.4 is 15.8 Å². The quantitative estimate of drug-likeness (QED) is 0.583. The number of hydrogen-bond acceptors (Lipinski definition) is 3. The molecule has 1 fully saturated rings. The Bertz CT molecular complexity index is 571. The SMILES string of the molecule is CCNC(=NCCc1ccc(OC)cc1)N1CCCC(CC(N)=O)C1. The van der Waals surface area contributed by atoms with Crippen LogP contribution in [0.5, 0.6) is 5.75 Å². The highest BCUT2D eigenvalue weighted by Gasteiger charge is 2.23. The van der Waals surface area contributed by atoms with E-state index >= 15 is 0 Å². The molecule has 0 spiro atoms. The molecule has 1 aliphatic heterocycles. The number of primary amides is 1. The monoisotopic (exact) mass is 346 g/mol. The summed E-state index contributed by atoms with van der Waals surface area (Å²) in [6.45, 7) is 5.45. The average molecular weight is 346 g/mol. The summed E-state index contributed by atoms with van der Waals surface area (Å²) in [6.07, 6.45) is 3.48. The second kappa shape index (κ2) is 9.91. The number of piperidine rings is 1. The second-order valence-electron chi connectivity index (χ2n) is 6.46. The van der Waals surface area contributed by atoms with E-state index in [0.717, 1.165) is 57.2 Å². The van der Waals surface area contributed by atoms with E-state index in [-0.39, 0.29) is 5.91 Å². The van der Waals surface area contributed by atoms with Crippen LogP contribution in [0.3, 0.4) is 0 Å². The normalized spacial score (nSPS) is 18.1. The zero-order chi connectivity index (χ0) is 18.1. The summed E-state index contributed by atoms with van der Waals surface area (Å²) < 4.78 is 5.18. The number of amides is 1. The third-order valence-electron chi connectivity index (χ3n) is 4.46. The first-order valence-corrected chi connectivity index (χ1v) is 9.06. The number of likely N-dealkylation sites (tertiary alicyclic amines) is 1. The highest BCUT2D eigenvalue weighted by Crippen LogP contribution is 2.19. The minimum absolute atomic E-state index is 0.215. The molecule has 6 nitrogen and oxygen atoms in total. The van der Waals surface area contributed by atoms with Crippen LogP contribution >= 0.6 is 0 Å². The first kappa shape index (κ1) is 19.1. The van der Waals surface area contributed by atoms with Gasteiger partial charge in [-0.05, 0) is 49.8 Å². The predicted molar refractivity (Wildman–Crippen MR) is 101 cm³/mol. The Morgan fingerprint density at radius 3 is 2.80 bits per heavy atom. The van der Waals surface area contributed by atoms with E-state index in [1.165, 1.54) is 5.56 Å². The number of guanidine groups is 1. The molecule has 1 amide bonds. The van der Waals surface area contributed by atoms with Gasteiger partial charge < -0.3 is 20.7 Å². The molecule has 0 bridgehead atoms. The molecule has 0 aromatic heterocycles. The highest BCUT2D eigenvalue weighted by molar-refractivity contribution is 5.80.